The highest BCUT2D eigenvalue weighted by molar-refractivity contribution is 5.77. The number of ether oxygens (including phenoxy) is 1. The van der Waals surface area contributed by atoms with Crippen LogP contribution in [0.1, 0.15) is 11.1 Å². The van der Waals surface area contributed by atoms with E-state index in [0.29, 0.717) is 11.3 Å². The average Bonchev–Trinajstić information content (AvgIpc) is 2.88. The van der Waals surface area contributed by atoms with Crippen molar-refractivity contribution in [2.75, 3.05) is 44.7 Å². The van der Waals surface area contributed by atoms with Crippen molar-refractivity contribution in [1.29, 1.82) is 5.26 Å². The van der Waals surface area contributed by atoms with Gasteiger partial charge in [-0.15, -0.1) is 0 Å². The number of carbonyl (C=O) groups is 1. The number of pyridine rings is 1. The Morgan fingerprint density at radius 1 is 1.15 bits per heavy atom. The van der Waals surface area contributed by atoms with Gasteiger partial charge in [-0.3, -0.25) is 4.79 Å². The van der Waals surface area contributed by atoms with Crippen LogP contribution >= 0.6 is 0 Å². The Kier molecular flexibility index (Phi) is 7.18. The van der Waals surface area contributed by atoms with Crippen molar-refractivity contribution in [3.05, 3.63) is 78.0 Å². The van der Waals surface area contributed by atoms with Gasteiger partial charge in [0.2, 0.25) is 0 Å². The summed E-state index contributed by atoms with van der Waals surface area (Å²) in [5, 5.41) is 11.7. The fourth-order valence-electron chi connectivity index (χ4n) is 4.07. The molecular formula is C26H28N5O2+. The molecule has 1 aliphatic rings. The van der Waals surface area contributed by atoms with Gasteiger partial charge in [0.15, 0.2) is 6.61 Å². The zero-order valence-electron chi connectivity index (χ0n) is 18.8. The van der Waals surface area contributed by atoms with Crippen molar-refractivity contribution >= 4 is 11.7 Å². The second kappa shape index (κ2) is 10.6. The number of hydrogen-bond donors (Lipinski definition) is 2. The van der Waals surface area contributed by atoms with Gasteiger partial charge in [-0.05, 0) is 47.5 Å². The normalized spacial score (nSPS) is 13.9. The fourth-order valence-corrected chi connectivity index (χ4v) is 4.07. The van der Waals surface area contributed by atoms with Crippen LogP contribution in [0.4, 0.5) is 5.82 Å². The molecular weight excluding hydrogens is 414 g/mol. The molecule has 3 aromatic rings. The van der Waals surface area contributed by atoms with E-state index in [1.54, 1.807) is 7.05 Å². The lowest BCUT2D eigenvalue weighted by Crippen LogP contribution is -3.13. The Hall–Kier alpha value is -3.89. The van der Waals surface area contributed by atoms with E-state index in [1.807, 2.05) is 60.8 Å². The van der Waals surface area contributed by atoms with Crippen LogP contribution in [0, 0.1) is 11.3 Å². The van der Waals surface area contributed by atoms with Gasteiger partial charge in [0.1, 0.15) is 18.1 Å². The van der Waals surface area contributed by atoms with Crippen molar-refractivity contribution in [3.8, 4) is 22.9 Å². The maximum absolute atomic E-state index is 11.6. The summed E-state index contributed by atoms with van der Waals surface area (Å²) in [4.78, 5) is 19.9. The number of anilines is 1. The highest BCUT2D eigenvalue weighted by Crippen LogP contribution is 2.27. The molecule has 1 aliphatic heterocycles. The number of likely N-dealkylation sites (N-methyl/N-ethyl adjacent to an activating group) is 1. The monoisotopic (exact) mass is 442 g/mol. The molecule has 1 aromatic heterocycles. The highest BCUT2D eigenvalue weighted by Gasteiger charge is 2.22. The minimum atomic E-state index is -0.163. The lowest BCUT2D eigenvalue weighted by atomic mass is 9.98. The molecule has 0 bridgehead atoms. The van der Waals surface area contributed by atoms with Gasteiger partial charge < -0.3 is 19.9 Å². The third-order valence-electron chi connectivity index (χ3n) is 5.93. The van der Waals surface area contributed by atoms with Gasteiger partial charge in [0.25, 0.3) is 5.91 Å². The van der Waals surface area contributed by atoms with E-state index in [0.717, 1.165) is 55.2 Å². The summed E-state index contributed by atoms with van der Waals surface area (Å²) in [7, 11) is 1.60. The number of rotatable bonds is 7. The molecule has 4 rings (SSSR count). The summed E-state index contributed by atoms with van der Waals surface area (Å²) in [6, 6.07) is 21.8. The summed E-state index contributed by atoms with van der Waals surface area (Å²) in [5.74, 6) is 1.54. The first-order valence-electron chi connectivity index (χ1n) is 11.1. The molecule has 2 heterocycles. The molecule has 0 saturated carbocycles. The molecule has 2 aromatic carbocycles. The molecule has 2 N–H and O–H groups in total. The van der Waals surface area contributed by atoms with Gasteiger partial charge in [-0.2, -0.15) is 5.26 Å². The summed E-state index contributed by atoms with van der Waals surface area (Å²) in [5.41, 5.74) is 3.98. The number of piperazine rings is 1. The van der Waals surface area contributed by atoms with E-state index < -0.39 is 0 Å². The quantitative estimate of drug-likeness (QED) is 0.582. The number of nitrogens with zero attached hydrogens (tertiary/aromatic N) is 3. The largest absolute Gasteiger partial charge is 0.484 e. The Bertz CT molecular complexity index is 1120. The van der Waals surface area contributed by atoms with Gasteiger partial charge >= 0.3 is 0 Å². The van der Waals surface area contributed by atoms with Crippen LogP contribution in [0.3, 0.4) is 0 Å². The summed E-state index contributed by atoms with van der Waals surface area (Å²) in [6.07, 6.45) is 1.84. The van der Waals surface area contributed by atoms with E-state index in [2.05, 4.69) is 27.3 Å². The fraction of sp³-hybridized carbons (Fsp3) is 0.269. The van der Waals surface area contributed by atoms with Crippen LogP contribution < -0.4 is 19.9 Å². The van der Waals surface area contributed by atoms with E-state index in [9.17, 15) is 4.79 Å². The SMILES string of the molecule is CNC(=O)COc1ccc(-c2ccc(C#N)cc2)c(C[NH+]2CCN(c3ccccn3)CC2)c1. The Morgan fingerprint density at radius 2 is 1.94 bits per heavy atom. The van der Waals surface area contributed by atoms with Crippen LogP contribution in [0.25, 0.3) is 11.1 Å². The average molecular weight is 443 g/mol. The van der Waals surface area contributed by atoms with E-state index in [-0.39, 0.29) is 12.5 Å². The minimum absolute atomic E-state index is 0.0121. The second-order valence-corrected chi connectivity index (χ2v) is 8.07. The summed E-state index contributed by atoms with van der Waals surface area (Å²) in [6.45, 7) is 4.75. The van der Waals surface area contributed by atoms with Gasteiger partial charge in [-0.25, -0.2) is 4.98 Å². The van der Waals surface area contributed by atoms with Crippen LogP contribution in [0.2, 0.25) is 0 Å². The first-order valence-corrected chi connectivity index (χ1v) is 11.1. The van der Waals surface area contributed by atoms with E-state index >= 15 is 0 Å². The number of benzene rings is 2. The van der Waals surface area contributed by atoms with Crippen molar-refractivity contribution in [3.63, 3.8) is 0 Å². The van der Waals surface area contributed by atoms with E-state index in [1.165, 1.54) is 4.90 Å². The zero-order chi connectivity index (χ0) is 23.0. The molecule has 0 radical (unpaired) electrons. The minimum Gasteiger partial charge on any atom is -0.484 e. The number of nitrogens with one attached hydrogen (secondary N) is 2. The zero-order valence-corrected chi connectivity index (χ0v) is 18.8. The Labute approximate surface area is 194 Å². The van der Waals surface area contributed by atoms with Gasteiger partial charge in [0, 0.05) is 18.8 Å². The Morgan fingerprint density at radius 3 is 2.61 bits per heavy atom. The molecule has 1 amide bonds. The molecule has 1 fully saturated rings. The smallest absolute Gasteiger partial charge is 0.257 e. The molecule has 168 valence electrons. The number of aromatic nitrogens is 1. The van der Waals surface area contributed by atoms with Crippen LogP contribution in [-0.4, -0.2) is 50.7 Å². The van der Waals surface area contributed by atoms with Crippen molar-refractivity contribution in [2.24, 2.45) is 0 Å². The first kappa shape index (κ1) is 22.3. The lowest BCUT2D eigenvalue weighted by Gasteiger charge is -2.33. The molecule has 33 heavy (non-hydrogen) atoms. The molecule has 1 saturated heterocycles. The van der Waals surface area contributed by atoms with Crippen molar-refractivity contribution in [1.82, 2.24) is 10.3 Å². The second-order valence-electron chi connectivity index (χ2n) is 8.07. The first-order chi connectivity index (χ1) is 16.2. The van der Waals surface area contributed by atoms with Crippen LogP contribution in [0.5, 0.6) is 5.75 Å². The molecule has 7 nitrogen and oxygen atoms in total. The lowest BCUT2D eigenvalue weighted by molar-refractivity contribution is -0.914. The van der Waals surface area contributed by atoms with Gasteiger partial charge in [-0.1, -0.05) is 24.3 Å². The van der Waals surface area contributed by atoms with Gasteiger partial charge in [0.05, 0.1) is 37.8 Å². The number of carbonyl (C=O) groups excluding carboxylic acids is 1. The third-order valence-corrected chi connectivity index (χ3v) is 5.93. The van der Waals surface area contributed by atoms with Crippen molar-refractivity contribution in [2.45, 2.75) is 6.54 Å². The maximum atomic E-state index is 11.6. The third kappa shape index (κ3) is 5.68. The topological polar surface area (TPSA) is 82.7 Å². The molecule has 7 heteroatoms. The van der Waals surface area contributed by atoms with E-state index in [4.69, 9.17) is 10.00 Å². The predicted molar refractivity (Wildman–Crippen MR) is 127 cm³/mol. The predicted octanol–water partition coefficient (Wildman–Crippen LogP) is 1.65. The summed E-state index contributed by atoms with van der Waals surface area (Å²) < 4.78 is 5.71. The van der Waals surface area contributed by atoms with Crippen molar-refractivity contribution < 1.29 is 14.4 Å². The van der Waals surface area contributed by atoms with Crippen LogP contribution in [-0.2, 0) is 11.3 Å². The number of amides is 1. The number of nitriles is 1. The highest BCUT2D eigenvalue weighted by atomic mass is 16.5. The molecule has 0 atom stereocenters. The standard InChI is InChI=1S/C26H27N5O2/c1-28-26(32)19-33-23-9-10-24(21-7-5-20(17-27)6-8-21)22(16-23)18-30-12-14-31(15-13-30)25-4-2-3-11-29-25/h2-11,16H,12-15,18-19H2,1H3,(H,28,32)/p+1. The maximum Gasteiger partial charge on any atom is 0.257 e. The molecule has 0 spiro atoms. The number of hydrogen-bond acceptors (Lipinski definition) is 5. The molecule has 0 aliphatic carbocycles. The molecule has 0 unspecified atom stereocenters. The van der Waals surface area contributed by atoms with Crippen LogP contribution in [0.15, 0.2) is 66.9 Å². The number of quaternary nitrogens is 1. The summed E-state index contributed by atoms with van der Waals surface area (Å²) >= 11 is 0. The Balaban J connectivity index is 1.52.